The highest BCUT2D eigenvalue weighted by atomic mass is 79.9. The van der Waals surface area contributed by atoms with E-state index in [2.05, 4.69) is 43.7 Å². The van der Waals surface area contributed by atoms with Crippen molar-refractivity contribution in [1.29, 1.82) is 0 Å². The maximum Gasteiger partial charge on any atom is 0.195 e. The molecule has 3 nitrogen and oxygen atoms in total. The van der Waals surface area contributed by atoms with Crippen LogP contribution in [-0.2, 0) is 5.33 Å². The zero-order valence-electron chi connectivity index (χ0n) is 11.3. The number of anilines is 1. The monoisotopic (exact) mass is 341 g/mol. The Kier molecular flexibility index (Phi) is 4.12. The summed E-state index contributed by atoms with van der Waals surface area (Å²) in [7, 11) is 0. The normalized spacial score (nSPS) is 20.3. The Balaban J connectivity index is 1.98. The van der Waals surface area contributed by atoms with Crippen LogP contribution in [0.15, 0.2) is 11.6 Å². The first kappa shape index (κ1) is 13.4. The third-order valence-electron chi connectivity index (χ3n) is 3.99. The molecule has 1 saturated heterocycles. The highest BCUT2D eigenvalue weighted by Crippen LogP contribution is 2.32. The van der Waals surface area contributed by atoms with Crippen molar-refractivity contribution in [3.8, 4) is 0 Å². The molecule has 0 N–H and O–H groups in total. The lowest BCUT2D eigenvalue weighted by Crippen LogP contribution is -2.40. The summed E-state index contributed by atoms with van der Waals surface area (Å²) in [6.07, 6.45) is 8.66. The molecule has 19 heavy (non-hydrogen) atoms. The molecule has 1 aliphatic heterocycles. The fourth-order valence-electron chi connectivity index (χ4n) is 3.09. The van der Waals surface area contributed by atoms with Gasteiger partial charge in [-0.2, -0.15) is 0 Å². The van der Waals surface area contributed by atoms with E-state index in [1.807, 2.05) is 0 Å². The first-order valence-electron chi connectivity index (χ1n) is 7.12. The maximum atomic E-state index is 4.88. The zero-order valence-corrected chi connectivity index (χ0v) is 13.7. The van der Waals surface area contributed by atoms with Gasteiger partial charge in [0.05, 0.1) is 5.69 Å². The molecule has 1 unspecified atom stereocenters. The van der Waals surface area contributed by atoms with Gasteiger partial charge in [0.2, 0.25) is 0 Å². The number of thiazole rings is 1. The second-order valence-electron chi connectivity index (χ2n) is 5.20. The summed E-state index contributed by atoms with van der Waals surface area (Å²) in [5.41, 5.74) is 1.30. The Bertz CT molecular complexity index is 546. The summed E-state index contributed by atoms with van der Waals surface area (Å²) < 4.78 is 2.23. The molecule has 1 fully saturated rings. The van der Waals surface area contributed by atoms with Gasteiger partial charge in [-0.3, -0.25) is 4.40 Å². The van der Waals surface area contributed by atoms with Gasteiger partial charge < -0.3 is 4.90 Å². The van der Waals surface area contributed by atoms with Crippen molar-refractivity contribution in [3.63, 3.8) is 0 Å². The largest absolute Gasteiger partial charge is 0.352 e. The van der Waals surface area contributed by atoms with Gasteiger partial charge in [-0.1, -0.05) is 29.3 Å². The van der Waals surface area contributed by atoms with Gasteiger partial charge in [-0.25, -0.2) is 4.98 Å². The molecular weight excluding hydrogens is 322 g/mol. The Morgan fingerprint density at radius 3 is 3.16 bits per heavy atom. The smallest absolute Gasteiger partial charge is 0.195 e. The van der Waals surface area contributed by atoms with Crippen LogP contribution in [0.5, 0.6) is 0 Å². The SMILES string of the molecule is CCCC1CCCCN1c1nc2sccn2c1CBr. The number of fused-ring (bicyclic) bond motifs is 1. The average Bonchev–Trinajstić information content (AvgIpc) is 2.99. The highest BCUT2D eigenvalue weighted by molar-refractivity contribution is 9.08. The van der Waals surface area contributed by atoms with E-state index in [1.165, 1.54) is 43.6 Å². The fourth-order valence-corrected chi connectivity index (χ4v) is 4.34. The van der Waals surface area contributed by atoms with Crippen LogP contribution in [0, 0.1) is 0 Å². The molecule has 2 aromatic rings. The highest BCUT2D eigenvalue weighted by Gasteiger charge is 2.26. The number of rotatable bonds is 4. The minimum atomic E-state index is 0.682. The zero-order chi connectivity index (χ0) is 13.2. The van der Waals surface area contributed by atoms with Gasteiger partial charge in [-0.05, 0) is 25.7 Å². The number of aromatic nitrogens is 2. The molecule has 3 rings (SSSR count). The standard InChI is InChI=1S/C14H20BrN3S/c1-2-5-11-6-3-4-7-17(11)13-12(10-15)18-8-9-19-14(18)16-13/h8-9,11H,2-7,10H2,1H3. The lowest BCUT2D eigenvalue weighted by atomic mass is 9.98. The molecular formula is C14H20BrN3S. The van der Waals surface area contributed by atoms with Gasteiger partial charge in [0, 0.05) is 29.5 Å². The van der Waals surface area contributed by atoms with E-state index in [0.717, 1.165) is 16.8 Å². The van der Waals surface area contributed by atoms with E-state index in [-0.39, 0.29) is 0 Å². The van der Waals surface area contributed by atoms with Crippen molar-refractivity contribution >= 4 is 38.0 Å². The first-order chi connectivity index (χ1) is 9.35. The molecule has 104 valence electrons. The number of alkyl halides is 1. The molecule has 5 heteroatoms. The molecule has 3 heterocycles. The van der Waals surface area contributed by atoms with E-state index in [4.69, 9.17) is 4.98 Å². The van der Waals surface area contributed by atoms with Gasteiger partial charge in [0.25, 0.3) is 0 Å². The summed E-state index contributed by atoms with van der Waals surface area (Å²) in [5.74, 6) is 1.21. The predicted molar refractivity (Wildman–Crippen MR) is 85.6 cm³/mol. The predicted octanol–water partition coefficient (Wildman–Crippen LogP) is 4.45. The molecule has 1 atom stereocenters. The molecule has 0 radical (unpaired) electrons. The fraction of sp³-hybridized carbons (Fsp3) is 0.643. The number of hydrogen-bond donors (Lipinski definition) is 0. The van der Waals surface area contributed by atoms with Crippen molar-refractivity contribution in [3.05, 3.63) is 17.3 Å². The van der Waals surface area contributed by atoms with Gasteiger partial charge in [0.1, 0.15) is 0 Å². The van der Waals surface area contributed by atoms with Crippen LogP contribution in [0.4, 0.5) is 5.82 Å². The van der Waals surface area contributed by atoms with E-state index in [1.54, 1.807) is 11.3 Å². The minimum Gasteiger partial charge on any atom is -0.352 e. The Labute approximate surface area is 126 Å². The van der Waals surface area contributed by atoms with E-state index in [0.29, 0.717) is 6.04 Å². The Hall–Kier alpha value is -0.550. The van der Waals surface area contributed by atoms with E-state index >= 15 is 0 Å². The van der Waals surface area contributed by atoms with Crippen LogP contribution < -0.4 is 4.90 Å². The molecule has 0 bridgehead atoms. The maximum absolute atomic E-state index is 4.88. The Morgan fingerprint density at radius 2 is 2.37 bits per heavy atom. The minimum absolute atomic E-state index is 0.682. The topological polar surface area (TPSA) is 20.5 Å². The third-order valence-corrected chi connectivity index (χ3v) is 5.28. The summed E-state index contributed by atoms with van der Waals surface area (Å²) in [5, 5.41) is 2.98. The number of halogens is 1. The van der Waals surface area contributed by atoms with Gasteiger partial charge in [-0.15, -0.1) is 11.3 Å². The van der Waals surface area contributed by atoms with E-state index < -0.39 is 0 Å². The molecule has 0 amide bonds. The van der Waals surface area contributed by atoms with Gasteiger partial charge in [0.15, 0.2) is 10.8 Å². The van der Waals surface area contributed by atoms with Crippen molar-refractivity contribution < 1.29 is 0 Å². The van der Waals surface area contributed by atoms with Crippen molar-refractivity contribution in [1.82, 2.24) is 9.38 Å². The molecule has 0 aliphatic carbocycles. The van der Waals surface area contributed by atoms with Crippen molar-refractivity contribution in [2.75, 3.05) is 11.4 Å². The molecule has 1 aliphatic rings. The number of piperidine rings is 1. The third kappa shape index (κ3) is 2.42. The molecule has 2 aromatic heterocycles. The van der Waals surface area contributed by atoms with Crippen LogP contribution in [0.1, 0.15) is 44.7 Å². The lowest BCUT2D eigenvalue weighted by molar-refractivity contribution is 0.431. The summed E-state index contributed by atoms with van der Waals surface area (Å²) in [6.45, 7) is 3.44. The summed E-state index contributed by atoms with van der Waals surface area (Å²) in [4.78, 5) is 8.55. The summed E-state index contributed by atoms with van der Waals surface area (Å²) in [6, 6.07) is 0.682. The van der Waals surface area contributed by atoms with Crippen molar-refractivity contribution in [2.45, 2.75) is 50.4 Å². The molecule has 0 saturated carbocycles. The second kappa shape index (κ2) is 5.83. The Morgan fingerprint density at radius 1 is 1.47 bits per heavy atom. The van der Waals surface area contributed by atoms with Gasteiger partial charge >= 0.3 is 0 Å². The van der Waals surface area contributed by atoms with Crippen LogP contribution in [0.2, 0.25) is 0 Å². The first-order valence-corrected chi connectivity index (χ1v) is 9.12. The lowest BCUT2D eigenvalue weighted by Gasteiger charge is -2.36. The second-order valence-corrected chi connectivity index (χ2v) is 6.64. The molecule has 0 spiro atoms. The van der Waals surface area contributed by atoms with Crippen LogP contribution in [0.3, 0.4) is 0 Å². The summed E-state index contributed by atoms with van der Waals surface area (Å²) >= 11 is 5.36. The number of imidazole rings is 1. The van der Waals surface area contributed by atoms with E-state index in [9.17, 15) is 0 Å². The van der Waals surface area contributed by atoms with Crippen LogP contribution >= 0.6 is 27.3 Å². The average molecular weight is 342 g/mol. The quantitative estimate of drug-likeness (QED) is 0.765. The van der Waals surface area contributed by atoms with Crippen LogP contribution in [-0.4, -0.2) is 22.0 Å². The van der Waals surface area contributed by atoms with Crippen LogP contribution in [0.25, 0.3) is 4.96 Å². The number of nitrogens with zero attached hydrogens (tertiary/aromatic N) is 3. The molecule has 0 aromatic carbocycles. The van der Waals surface area contributed by atoms with Crippen molar-refractivity contribution in [2.24, 2.45) is 0 Å². The number of hydrogen-bond acceptors (Lipinski definition) is 3.